The number of hydrogen-bond acceptors (Lipinski definition) is 4. The van der Waals surface area contributed by atoms with E-state index in [1.54, 1.807) is 6.20 Å². The van der Waals surface area contributed by atoms with Crippen LogP contribution in [0, 0.1) is 0 Å². The Hall–Kier alpha value is -2.40. The van der Waals surface area contributed by atoms with E-state index in [1.807, 2.05) is 32.3 Å². The molecule has 0 aliphatic rings. The van der Waals surface area contributed by atoms with Crippen LogP contribution in [0.5, 0.6) is 0 Å². The maximum absolute atomic E-state index is 12.0. The lowest BCUT2D eigenvalue weighted by molar-refractivity contribution is 0.0952. The molecule has 0 unspecified atom stereocenters. The minimum atomic E-state index is -0.0677. The number of aryl methyl sites for hydroxylation is 1. The zero-order chi connectivity index (χ0) is 17.9. The highest BCUT2D eigenvalue weighted by atomic mass is 16.1. The summed E-state index contributed by atoms with van der Waals surface area (Å²) in [5, 5.41) is 6.22. The molecule has 0 saturated carbocycles. The fraction of sp³-hybridized carbons (Fsp3) is 0.400. The third-order valence-electron chi connectivity index (χ3n) is 3.88. The Labute approximate surface area is 150 Å². The lowest BCUT2D eigenvalue weighted by atomic mass is 10.1. The van der Waals surface area contributed by atoms with E-state index in [-0.39, 0.29) is 5.91 Å². The molecule has 1 heterocycles. The lowest BCUT2D eigenvalue weighted by Gasteiger charge is -2.10. The SMILES string of the molecule is CN(C)CCCNC(=O)c1ccc(NCCCc2ccccc2)nc1. The number of hydrogen-bond donors (Lipinski definition) is 2. The van der Waals surface area contributed by atoms with E-state index in [9.17, 15) is 4.79 Å². The average molecular weight is 340 g/mol. The lowest BCUT2D eigenvalue weighted by Crippen LogP contribution is -2.27. The van der Waals surface area contributed by atoms with Crippen molar-refractivity contribution in [2.75, 3.05) is 39.0 Å². The highest BCUT2D eigenvalue weighted by Crippen LogP contribution is 2.07. The molecule has 0 aliphatic heterocycles. The topological polar surface area (TPSA) is 57.3 Å². The van der Waals surface area contributed by atoms with Gasteiger partial charge in [-0.15, -0.1) is 0 Å². The number of nitrogens with zero attached hydrogens (tertiary/aromatic N) is 2. The summed E-state index contributed by atoms with van der Waals surface area (Å²) < 4.78 is 0. The van der Waals surface area contributed by atoms with Crippen molar-refractivity contribution in [2.24, 2.45) is 0 Å². The van der Waals surface area contributed by atoms with Crippen molar-refractivity contribution in [3.63, 3.8) is 0 Å². The van der Waals surface area contributed by atoms with Crippen molar-refractivity contribution in [2.45, 2.75) is 19.3 Å². The van der Waals surface area contributed by atoms with Crippen LogP contribution in [0.3, 0.4) is 0 Å². The summed E-state index contributed by atoms with van der Waals surface area (Å²) in [7, 11) is 4.05. The van der Waals surface area contributed by atoms with Crippen LogP contribution in [0.2, 0.25) is 0 Å². The van der Waals surface area contributed by atoms with Crippen molar-refractivity contribution in [1.29, 1.82) is 0 Å². The van der Waals surface area contributed by atoms with Gasteiger partial charge < -0.3 is 15.5 Å². The molecule has 0 atom stereocenters. The fourth-order valence-corrected chi connectivity index (χ4v) is 2.49. The number of amides is 1. The van der Waals surface area contributed by atoms with E-state index in [0.717, 1.165) is 38.2 Å². The van der Waals surface area contributed by atoms with Crippen LogP contribution in [0.15, 0.2) is 48.7 Å². The normalized spacial score (nSPS) is 10.7. The molecule has 134 valence electrons. The second kappa shape index (κ2) is 10.5. The van der Waals surface area contributed by atoms with Crippen molar-refractivity contribution in [1.82, 2.24) is 15.2 Å². The molecule has 2 rings (SSSR count). The first kappa shape index (κ1) is 18.9. The average Bonchev–Trinajstić information content (AvgIpc) is 2.63. The molecule has 5 nitrogen and oxygen atoms in total. The van der Waals surface area contributed by atoms with Gasteiger partial charge in [-0.3, -0.25) is 4.79 Å². The molecular formula is C20H28N4O. The maximum Gasteiger partial charge on any atom is 0.252 e. The summed E-state index contributed by atoms with van der Waals surface area (Å²) in [6.07, 6.45) is 4.65. The summed E-state index contributed by atoms with van der Waals surface area (Å²) in [4.78, 5) is 18.5. The van der Waals surface area contributed by atoms with Crippen LogP contribution in [0.4, 0.5) is 5.82 Å². The van der Waals surface area contributed by atoms with Gasteiger partial charge in [0.05, 0.1) is 5.56 Å². The molecule has 1 aromatic heterocycles. The van der Waals surface area contributed by atoms with Gasteiger partial charge in [-0.2, -0.15) is 0 Å². The van der Waals surface area contributed by atoms with Crippen molar-refractivity contribution in [3.8, 4) is 0 Å². The van der Waals surface area contributed by atoms with Crippen molar-refractivity contribution in [3.05, 3.63) is 59.8 Å². The zero-order valence-corrected chi connectivity index (χ0v) is 15.2. The predicted octanol–water partition coefficient (Wildman–Crippen LogP) is 2.81. The van der Waals surface area contributed by atoms with E-state index in [0.29, 0.717) is 12.1 Å². The molecule has 1 aromatic carbocycles. The Morgan fingerprint density at radius 3 is 2.52 bits per heavy atom. The molecule has 25 heavy (non-hydrogen) atoms. The Morgan fingerprint density at radius 2 is 1.84 bits per heavy atom. The number of carbonyl (C=O) groups is 1. The summed E-state index contributed by atoms with van der Waals surface area (Å²) in [5.74, 6) is 0.735. The van der Waals surface area contributed by atoms with Gasteiger partial charge in [0.2, 0.25) is 0 Å². The second-order valence-corrected chi connectivity index (χ2v) is 6.36. The third-order valence-corrected chi connectivity index (χ3v) is 3.88. The van der Waals surface area contributed by atoms with Gasteiger partial charge in [-0.1, -0.05) is 30.3 Å². The van der Waals surface area contributed by atoms with E-state index >= 15 is 0 Å². The first-order valence-electron chi connectivity index (χ1n) is 8.82. The van der Waals surface area contributed by atoms with Crippen LogP contribution >= 0.6 is 0 Å². The first-order valence-corrected chi connectivity index (χ1v) is 8.82. The van der Waals surface area contributed by atoms with E-state index < -0.39 is 0 Å². The van der Waals surface area contributed by atoms with Crippen LogP contribution in [0.1, 0.15) is 28.8 Å². The van der Waals surface area contributed by atoms with Crippen LogP contribution in [-0.4, -0.2) is 49.5 Å². The Balaban J connectivity index is 1.67. The summed E-state index contributed by atoms with van der Waals surface area (Å²) in [6, 6.07) is 14.1. The number of aromatic nitrogens is 1. The molecule has 0 fully saturated rings. The number of nitrogens with one attached hydrogen (secondary N) is 2. The van der Waals surface area contributed by atoms with E-state index in [1.165, 1.54) is 5.56 Å². The van der Waals surface area contributed by atoms with E-state index in [4.69, 9.17) is 0 Å². The zero-order valence-electron chi connectivity index (χ0n) is 15.2. The molecule has 2 N–H and O–H groups in total. The van der Waals surface area contributed by atoms with Gasteiger partial charge >= 0.3 is 0 Å². The molecule has 5 heteroatoms. The minimum absolute atomic E-state index is 0.0677. The molecule has 1 amide bonds. The third kappa shape index (κ3) is 7.35. The van der Waals surface area contributed by atoms with Gasteiger partial charge in [0.25, 0.3) is 5.91 Å². The Morgan fingerprint density at radius 1 is 1.04 bits per heavy atom. The Bertz CT molecular complexity index is 626. The second-order valence-electron chi connectivity index (χ2n) is 6.36. The van der Waals surface area contributed by atoms with Gasteiger partial charge in [0.15, 0.2) is 0 Å². The largest absolute Gasteiger partial charge is 0.370 e. The van der Waals surface area contributed by atoms with Gasteiger partial charge in [0, 0.05) is 19.3 Å². The molecule has 0 aliphatic carbocycles. The number of carbonyl (C=O) groups excluding carboxylic acids is 1. The molecule has 0 spiro atoms. The first-order chi connectivity index (χ1) is 12.1. The number of anilines is 1. The van der Waals surface area contributed by atoms with Crippen LogP contribution in [0.25, 0.3) is 0 Å². The maximum atomic E-state index is 12.0. The molecule has 0 radical (unpaired) electrons. The highest BCUT2D eigenvalue weighted by Gasteiger charge is 2.05. The quantitative estimate of drug-likeness (QED) is 0.653. The number of rotatable bonds is 10. The smallest absolute Gasteiger partial charge is 0.252 e. The number of benzene rings is 1. The summed E-state index contributed by atoms with van der Waals surface area (Å²) in [6.45, 7) is 2.50. The highest BCUT2D eigenvalue weighted by molar-refractivity contribution is 5.94. The standard InChI is InChI=1S/C20H28N4O/c1-24(2)15-7-14-22-20(25)18-11-12-19(23-16-18)21-13-6-10-17-8-4-3-5-9-17/h3-5,8-9,11-12,16H,6-7,10,13-15H2,1-2H3,(H,21,23)(H,22,25). The van der Waals surface area contributed by atoms with Crippen molar-refractivity contribution < 1.29 is 4.79 Å². The van der Waals surface area contributed by atoms with Gasteiger partial charge in [-0.05, 0) is 57.6 Å². The monoisotopic (exact) mass is 340 g/mol. The van der Waals surface area contributed by atoms with Crippen LogP contribution in [-0.2, 0) is 6.42 Å². The fourth-order valence-electron chi connectivity index (χ4n) is 2.49. The Kier molecular flexibility index (Phi) is 7.92. The minimum Gasteiger partial charge on any atom is -0.370 e. The summed E-state index contributed by atoms with van der Waals surface area (Å²) in [5.41, 5.74) is 1.94. The molecule has 0 saturated heterocycles. The van der Waals surface area contributed by atoms with Crippen LogP contribution < -0.4 is 10.6 Å². The van der Waals surface area contributed by atoms with Gasteiger partial charge in [-0.25, -0.2) is 4.98 Å². The van der Waals surface area contributed by atoms with Crippen molar-refractivity contribution >= 4 is 11.7 Å². The van der Waals surface area contributed by atoms with E-state index in [2.05, 4.69) is 44.8 Å². The molecule has 0 bridgehead atoms. The van der Waals surface area contributed by atoms with Gasteiger partial charge in [0.1, 0.15) is 5.82 Å². The molecule has 2 aromatic rings. The predicted molar refractivity (Wildman–Crippen MR) is 103 cm³/mol. The summed E-state index contributed by atoms with van der Waals surface area (Å²) >= 11 is 0. The number of pyridine rings is 1. The molecular weight excluding hydrogens is 312 g/mol.